The van der Waals surface area contributed by atoms with E-state index in [-0.39, 0.29) is 12.2 Å². The molecule has 0 amide bonds. The molecular weight excluding hydrogens is 546 g/mol. The van der Waals surface area contributed by atoms with E-state index in [1.807, 2.05) is 48.5 Å². The maximum Gasteiger partial charge on any atom is 0.338 e. The molecule has 0 saturated carbocycles. The number of carbonyl (C=O) groups is 1. The molecule has 0 aliphatic carbocycles. The first-order valence-corrected chi connectivity index (χ1v) is 14.6. The Labute approximate surface area is 247 Å². The number of ether oxygens (including phenoxy) is 2. The van der Waals surface area contributed by atoms with E-state index in [0.717, 1.165) is 44.4 Å². The number of hydrogen-bond donors (Lipinski definition) is 1. The molecule has 3 heterocycles. The van der Waals surface area contributed by atoms with Gasteiger partial charge in [-0.1, -0.05) is 65.4 Å². The number of allylic oxidation sites excluding steroid dienone is 1. The fourth-order valence-corrected chi connectivity index (χ4v) is 6.73. The maximum absolute atomic E-state index is 14.3. The summed E-state index contributed by atoms with van der Waals surface area (Å²) in [4.78, 5) is 36.4. The van der Waals surface area contributed by atoms with Crippen molar-refractivity contribution in [2.45, 2.75) is 33.7 Å². The Kier molecular flexibility index (Phi) is 7.16. The van der Waals surface area contributed by atoms with E-state index in [1.54, 1.807) is 25.5 Å². The van der Waals surface area contributed by atoms with Gasteiger partial charge in [-0.05, 0) is 68.7 Å². The molecule has 1 N–H and O–H groups in total. The minimum Gasteiger partial charge on any atom is -0.497 e. The smallest absolute Gasteiger partial charge is 0.338 e. The number of nitrogens with zero attached hydrogens (tertiary/aromatic N) is 2. The first kappa shape index (κ1) is 27.5. The third kappa shape index (κ3) is 4.67. The zero-order valence-electron chi connectivity index (χ0n) is 24.1. The Morgan fingerprint density at radius 1 is 1.07 bits per heavy atom. The molecule has 8 heteroatoms. The second-order valence-electron chi connectivity index (χ2n) is 10.4. The molecule has 0 radical (unpaired) electrons. The van der Waals surface area contributed by atoms with Crippen LogP contribution >= 0.6 is 11.3 Å². The Morgan fingerprint density at radius 3 is 2.60 bits per heavy atom. The summed E-state index contributed by atoms with van der Waals surface area (Å²) in [6.45, 7) is 7.93. The fourth-order valence-electron chi connectivity index (χ4n) is 5.70. The summed E-state index contributed by atoms with van der Waals surface area (Å²) >= 11 is 1.32. The monoisotopic (exact) mass is 577 g/mol. The van der Waals surface area contributed by atoms with Crippen LogP contribution in [0, 0.1) is 13.8 Å². The molecule has 1 unspecified atom stereocenters. The van der Waals surface area contributed by atoms with Crippen molar-refractivity contribution in [3.05, 3.63) is 120 Å². The largest absolute Gasteiger partial charge is 0.497 e. The lowest BCUT2D eigenvalue weighted by Crippen LogP contribution is -2.39. The predicted octanol–water partition coefficient (Wildman–Crippen LogP) is 5.57. The number of H-pyrrole nitrogens is 1. The molecule has 0 bridgehead atoms. The molecule has 7 nitrogen and oxygen atoms in total. The van der Waals surface area contributed by atoms with Crippen LogP contribution in [0.2, 0.25) is 0 Å². The minimum absolute atomic E-state index is 0.215. The number of fused-ring (bicyclic) bond motifs is 2. The molecule has 2 aromatic heterocycles. The summed E-state index contributed by atoms with van der Waals surface area (Å²) in [5.41, 5.74) is 7.60. The molecule has 0 saturated heterocycles. The van der Waals surface area contributed by atoms with Crippen LogP contribution in [0.3, 0.4) is 0 Å². The Hall–Kier alpha value is -4.69. The lowest BCUT2D eigenvalue weighted by atomic mass is 9.95. The summed E-state index contributed by atoms with van der Waals surface area (Å²) in [6.07, 6.45) is 1.95. The topological polar surface area (TPSA) is 85.7 Å². The fraction of sp³-hybridized carbons (Fsp3) is 0.206. The van der Waals surface area contributed by atoms with E-state index in [0.29, 0.717) is 26.4 Å². The number of aryl methyl sites for hydroxylation is 2. The number of aromatic amines is 1. The van der Waals surface area contributed by atoms with Crippen LogP contribution < -0.4 is 19.6 Å². The second kappa shape index (κ2) is 10.9. The Morgan fingerprint density at radius 2 is 1.86 bits per heavy atom. The first-order chi connectivity index (χ1) is 20.3. The molecular formula is C34H31N3O4S. The number of rotatable bonds is 6. The highest BCUT2D eigenvalue weighted by Gasteiger charge is 2.33. The third-order valence-corrected chi connectivity index (χ3v) is 8.54. The van der Waals surface area contributed by atoms with Crippen LogP contribution in [-0.2, 0) is 9.53 Å². The summed E-state index contributed by atoms with van der Waals surface area (Å²) in [5.74, 6) is 0.138. The zero-order valence-corrected chi connectivity index (χ0v) is 25.0. The van der Waals surface area contributed by atoms with E-state index in [2.05, 4.69) is 43.1 Å². The van der Waals surface area contributed by atoms with Crippen molar-refractivity contribution in [3.63, 3.8) is 0 Å². The van der Waals surface area contributed by atoms with Crippen LogP contribution in [0.5, 0.6) is 5.75 Å². The number of hydrogen-bond acceptors (Lipinski definition) is 6. The molecule has 1 aliphatic rings. The van der Waals surface area contributed by atoms with Gasteiger partial charge in [0.05, 0.1) is 41.3 Å². The molecule has 6 rings (SSSR count). The van der Waals surface area contributed by atoms with Gasteiger partial charge in [-0.3, -0.25) is 9.36 Å². The summed E-state index contributed by atoms with van der Waals surface area (Å²) < 4.78 is 13.0. The zero-order chi connectivity index (χ0) is 29.5. The van der Waals surface area contributed by atoms with Gasteiger partial charge >= 0.3 is 5.97 Å². The van der Waals surface area contributed by atoms with Gasteiger partial charge in [0.2, 0.25) is 0 Å². The summed E-state index contributed by atoms with van der Waals surface area (Å²) in [5, 5.41) is 1.05. The van der Waals surface area contributed by atoms with Gasteiger partial charge in [0.1, 0.15) is 5.75 Å². The van der Waals surface area contributed by atoms with Gasteiger partial charge in [0, 0.05) is 16.5 Å². The van der Waals surface area contributed by atoms with Gasteiger partial charge in [-0.15, -0.1) is 0 Å². The molecule has 5 aromatic rings. The average Bonchev–Trinajstić information content (AvgIpc) is 3.50. The Bertz CT molecular complexity index is 2070. The number of carbonyl (C=O) groups excluding carboxylic acids is 1. The van der Waals surface area contributed by atoms with Gasteiger partial charge in [-0.2, -0.15) is 0 Å². The van der Waals surface area contributed by atoms with Crippen LogP contribution in [0.4, 0.5) is 0 Å². The average molecular weight is 578 g/mol. The van der Waals surface area contributed by atoms with Crippen molar-refractivity contribution in [2.24, 2.45) is 4.99 Å². The van der Waals surface area contributed by atoms with Crippen LogP contribution in [0.25, 0.3) is 28.2 Å². The molecule has 0 spiro atoms. The number of nitrogens with one attached hydrogen (secondary N) is 1. The number of benzene rings is 3. The van der Waals surface area contributed by atoms with Crippen molar-refractivity contribution in [1.82, 2.24) is 9.55 Å². The van der Waals surface area contributed by atoms with Crippen molar-refractivity contribution in [2.75, 3.05) is 13.7 Å². The molecule has 42 heavy (non-hydrogen) atoms. The number of methoxy groups -OCH3 is 1. The van der Waals surface area contributed by atoms with Crippen molar-refractivity contribution in [1.29, 1.82) is 0 Å². The van der Waals surface area contributed by atoms with Crippen molar-refractivity contribution in [3.8, 4) is 17.0 Å². The van der Waals surface area contributed by atoms with Crippen LogP contribution in [0.1, 0.15) is 42.1 Å². The third-order valence-electron chi connectivity index (χ3n) is 7.55. The van der Waals surface area contributed by atoms with Gasteiger partial charge in [0.15, 0.2) is 4.80 Å². The molecule has 1 atom stereocenters. The highest BCUT2D eigenvalue weighted by atomic mass is 32.1. The molecule has 0 fully saturated rings. The highest BCUT2D eigenvalue weighted by Crippen LogP contribution is 2.34. The minimum atomic E-state index is -0.710. The quantitative estimate of drug-likeness (QED) is 0.267. The lowest BCUT2D eigenvalue weighted by molar-refractivity contribution is -0.139. The lowest BCUT2D eigenvalue weighted by Gasteiger charge is -2.25. The standard InChI is InChI=1S/C34H31N3O4S/c1-6-41-33(39)28-21(4)35-34-37(31(28)23-13-10-14-24(17-23)40-5)32(38)27(42-34)18-26-25-16-19(2)15-20(3)29(25)36-30(26)22-11-8-7-9-12-22/h7-18,31,36H,6H2,1-5H3. The van der Waals surface area contributed by atoms with E-state index >= 15 is 0 Å². The van der Waals surface area contributed by atoms with E-state index in [9.17, 15) is 9.59 Å². The first-order valence-electron chi connectivity index (χ1n) is 13.8. The molecule has 212 valence electrons. The Balaban J connectivity index is 1.63. The SMILES string of the molecule is CCOC(=O)C1=C(C)N=c2sc(=Cc3c(-c4ccccc4)[nH]c4c(C)cc(C)cc34)c(=O)n2C1c1cccc(OC)c1. The van der Waals surface area contributed by atoms with E-state index in [1.165, 1.54) is 11.3 Å². The number of esters is 1. The van der Waals surface area contributed by atoms with Crippen molar-refractivity contribution < 1.29 is 14.3 Å². The van der Waals surface area contributed by atoms with Crippen molar-refractivity contribution >= 4 is 34.3 Å². The van der Waals surface area contributed by atoms with E-state index in [4.69, 9.17) is 14.5 Å². The number of aromatic nitrogens is 2. The predicted molar refractivity (Wildman–Crippen MR) is 167 cm³/mol. The van der Waals surface area contributed by atoms with Gasteiger partial charge in [-0.25, -0.2) is 9.79 Å². The maximum atomic E-state index is 14.3. The van der Waals surface area contributed by atoms with Gasteiger partial charge in [0.25, 0.3) is 5.56 Å². The molecule has 1 aliphatic heterocycles. The van der Waals surface area contributed by atoms with E-state index < -0.39 is 12.0 Å². The highest BCUT2D eigenvalue weighted by molar-refractivity contribution is 7.07. The second-order valence-corrected chi connectivity index (χ2v) is 11.4. The summed E-state index contributed by atoms with van der Waals surface area (Å²) in [6, 6.07) is 21.1. The summed E-state index contributed by atoms with van der Waals surface area (Å²) in [7, 11) is 1.59. The van der Waals surface area contributed by atoms with Crippen LogP contribution in [-0.4, -0.2) is 29.2 Å². The van der Waals surface area contributed by atoms with Gasteiger partial charge < -0.3 is 14.5 Å². The van der Waals surface area contributed by atoms with Crippen LogP contribution in [0.15, 0.2) is 87.8 Å². The molecule has 3 aromatic carbocycles. The normalized spacial score (nSPS) is 15.1. The number of thiazole rings is 1.